The average molecular weight is 672 g/mol. The number of Topliss-reactive ketones (excluding diaryl/α,β-unsaturated/α-hetero) is 1. The summed E-state index contributed by atoms with van der Waals surface area (Å²) in [4.78, 5) is 69.4. The Hall–Kier alpha value is -4.00. The molecule has 2 heterocycles. The van der Waals surface area contributed by atoms with Crippen LogP contribution in [0.4, 0.5) is 4.79 Å². The maximum atomic E-state index is 13.2. The molecule has 246 valence electrons. The van der Waals surface area contributed by atoms with Crippen molar-refractivity contribution in [3.63, 3.8) is 0 Å². The van der Waals surface area contributed by atoms with Crippen LogP contribution in [0.2, 0.25) is 0 Å². The van der Waals surface area contributed by atoms with Crippen LogP contribution in [0, 0.1) is 0 Å². The van der Waals surface area contributed by atoms with Crippen LogP contribution >= 0.6 is 11.8 Å². The van der Waals surface area contributed by atoms with Gasteiger partial charge in [-0.05, 0) is 24.1 Å². The summed E-state index contributed by atoms with van der Waals surface area (Å²) in [7, 11) is -1.86. The van der Waals surface area contributed by atoms with E-state index in [1.54, 1.807) is 6.07 Å². The molecule has 3 rings (SSSR count). The summed E-state index contributed by atoms with van der Waals surface area (Å²) in [5.74, 6) is -3.77. The van der Waals surface area contributed by atoms with Crippen LogP contribution in [0.25, 0.3) is 0 Å². The molecule has 3 atom stereocenters. The van der Waals surface area contributed by atoms with E-state index in [-0.39, 0.29) is 29.6 Å². The Labute approximate surface area is 263 Å². The average Bonchev–Trinajstić information content (AvgIpc) is 3.01. The second-order valence-corrected chi connectivity index (χ2v) is 12.1. The molecule has 0 aliphatic carbocycles. The van der Waals surface area contributed by atoms with Crippen LogP contribution in [0.3, 0.4) is 0 Å². The third kappa shape index (κ3) is 9.03. The van der Waals surface area contributed by atoms with Crippen LogP contribution in [0.15, 0.2) is 51.7 Å². The van der Waals surface area contributed by atoms with Gasteiger partial charge in [-0.1, -0.05) is 36.7 Å². The Bertz CT molecular complexity index is 1450. The number of nitrogens with one attached hydrogen (secondary N) is 1. The number of hydrogen-bond donors (Lipinski definition) is 1. The van der Waals surface area contributed by atoms with E-state index in [0.717, 1.165) is 18.4 Å². The SMILES string of the molecule is CCCCOC(=O)OC(C)OC(=O)C1=C(COC)CS[C@@H]2C(NC(=O)/C(=N\OC)C(=O)COS(=O)(=O)c3ccccc3)C(=O)N12. The first-order chi connectivity index (χ1) is 21.4. The first-order valence-electron chi connectivity index (χ1n) is 13.5. The van der Waals surface area contributed by atoms with Gasteiger partial charge in [-0.3, -0.25) is 23.5 Å². The number of benzene rings is 1. The lowest BCUT2D eigenvalue weighted by Gasteiger charge is -2.49. The molecule has 2 aliphatic rings. The second kappa shape index (κ2) is 16.4. The number of nitrogens with zero attached hydrogens (tertiary/aromatic N) is 2. The smallest absolute Gasteiger partial charge is 0.434 e. The number of amides is 2. The maximum absolute atomic E-state index is 13.2. The van der Waals surface area contributed by atoms with Crippen LogP contribution in [0.5, 0.6) is 0 Å². The van der Waals surface area contributed by atoms with E-state index in [9.17, 15) is 32.4 Å². The zero-order valence-corrected chi connectivity index (χ0v) is 26.5. The van der Waals surface area contributed by atoms with Crippen molar-refractivity contribution in [2.24, 2.45) is 5.16 Å². The molecule has 1 aromatic carbocycles. The van der Waals surface area contributed by atoms with Crippen molar-refractivity contribution < 1.29 is 60.4 Å². The molecule has 0 saturated carbocycles. The molecule has 0 spiro atoms. The molecule has 2 aliphatic heterocycles. The van der Waals surface area contributed by atoms with Gasteiger partial charge in [-0.15, -0.1) is 11.8 Å². The molecular weight excluding hydrogens is 638 g/mol. The highest BCUT2D eigenvalue weighted by atomic mass is 32.2. The minimum atomic E-state index is -4.32. The van der Waals surface area contributed by atoms with Crippen LogP contribution in [-0.4, -0.2) is 106 Å². The largest absolute Gasteiger partial charge is 0.511 e. The quantitative estimate of drug-likeness (QED) is 0.0382. The Morgan fingerprint density at radius 3 is 2.49 bits per heavy atom. The fraction of sp³-hybridized carbons (Fsp3) is 0.481. The van der Waals surface area contributed by atoms with Gasteiger partial charge < -0.3 is 29.1 Å². The van der Waals surface area contributed by atoms with E-state index in [1.807, 2.05) is 6.92 Å². The molecule has 0 bridgehead atoms. The van der Waals surface area contributed by atoms with E-state index < -0.39 is 69.9 Å². The number of rotatable bonds is 16. The summed E-state index contributed by atoms with van der Waals surface area (Å²) in [5, 5.41) is 4.97. The molecule has 45 heavy (non-hydrogen) atoms. The molecule has 16 nitrogen and oxygen atoms in total. The number of ether oxygens (including phenoxy) is 4. The van der Waals surface area contributed by atoms with Crippen molar-refractivity contribution in [3.05, 3.63) is 41.6 Å². The number of carbonyl (C=O) groups is 5. The van der Waals surface area contributed by atoms with Gasteiger partial charge in [0.15, 0.2) is 0 Å². The number of fused-ring (bicyclic) bond motifs is 1. The van der Waals surface area contributed by atoms with E-state index >= 15 is 0 Å². The summed E-state index contributed by atoms with van der Waals surface area (Å²) in [6, 6.07) is 5.83. The lowest BCUT2D eigenvalue weighted by atomic mass is 10.0. The molecule has 1 saturated heterocycles. The number of esters is 1. The van der Waals surface area contributed by atoms with E-state index in [4.69, 9.17) is 23.1 Å². The summed E-state index contributed by atoms with van der Waals surface area (Å²) in [5.41, 5.74) is -0.583. The van der Waals surface area contributed by atoms with Crippen LogP contribution in [0.1, 0.15) is 26.7 Å². The number of carbonyl (C=O) groups excluding carboxylic acids is 5. The third-order valence-corrected chi connectivity index (χ3v) is 8.75. The van der Waals surface area contributed by atoms with E-state index in [1.165, 1.54) is 50.1 Å². The lowest BCUT2D eigenvalue weighted by molar-refractivity contribution is -0.169. The Kier molecular flexibility index (Phi) is 12.9. The molecule has 1 aromatic rings. The number of β-lactam (4-membered cyclic amide) rings is 1. The Morgan fingerprint density at radius 1 is 1.13 bits per heavy atom. The minimum absolute atomic E-state index is 0.0235. The zero-order valence-electron chi connectivity index (χ0n) is 24.9. The van der Waals surface area contributed by atoms with Gasteiger partial charge in [0.25, 0.3) is 21.9 Å². The highest BCUT2D eigenvalue weighted by Crippen LogP contribution is 2.40. The number of thioether (sulfide) groups is 1. The summed E-state index contributed by atoms with van der Waals surface area (Å²) >= 11 is 1.20. The number of oxime groups is 1. The van der Waals surface area contributed by atoms with Gasteiger partial charge in [0.2, 0.25) is 17.8 Å². The maximum Gasteiger partial charge on any atom is 0.511 e. The van der Waals surface area contributed by atoms with Crippen molar-refractivity contribution in [2.45, 2.75) is 49.3 Å². The van der Waals surface area contributed by atoms with Gasteiger partial charge in [0.05, 0.1) is 18.1 Å². The Balaban J connectivity index is 1.67. The summed E-state index contributed by atoms with van der Waals surface area (Å²) in [6.45, 7) is 2.26. The number of hydrogen-bond acceptors (Lipinski definition) is 15. The van der Waals surface area contributed by atoms with E-state index in [2.05, 4.69) is 15.3 Å². The molecule has 2 unspecified atom stereocenters. The number of unbranched alkanes of at least 4 members (excludes halogenated alkanes) is 1. The summed E-state index contributed by atoms with van der Waals surface area (Å²) < 4.78 is 49.8. The molecule has 0 radical (unpaired) electrons. The van der Waals surface area contributed by atoms with Crippen molar-refractivity contribution >= 4 is 57.3 Å². The van der Waals surface area contributed by atoms with Crippen LogP contribution in [-0.2, 0) is 57.3 Å². The van der Waals surface area contributed by atoms with Crippen molar-refractivity contribution in [1.82, 2.24) is 10.2 Å². The number of ketones is 1. The first-order valence-corrected chi connectivity index (χ1v) is 16.0. The highest BCUT2D eigenvalue weighted by molar-refractivity contribution is 8.00. The zero-order chi connectivity index (χ0) is 33.1. The molecule has 18 heteroatoms. The first kappa shape index (κ1) is 35.5. The molecular formula is C27H33N3O13S2. The second-order valence-electron chi connectivity index (χ2n) is 9.36. The molecule has 2 amide bonds. The van der Waals surface area contributed by atoms with Gasteiger partial charge >= 0.3 is 12.1 Å². The van der Waals surface area contributed by atoms with Gasteiger partial charge in [-0.25, -0.2) is 9.59 Å². The van der Waals surface area contributed by atoms with Gasteiger partial charge in [-0.2, -0.15) is 8.42 Å². The van der Waals surface area contributed by atoms with Gasteiger partial charge in [0, 0.05) is 19.8 Å². The van der Waals surface area contributed by atoms with Crippen molar-refractivity contribution in [1.29, 1.82) is 0 Å². The monoisotopic (exact) mass is 671 g/mol. The third-order valence-electron chi connectivity index (χ3n) is 6.14. The highest BCUT2D eigenvalue weighted by Gasteiger charge is 2.55. The number of methoxy groups -OCH3 is 1. The molecule has 0 aromatic heterocycles. The standard InChI is InChI=1S/C27H33N3O13S2/c1-5-6-12-40-27(35)43-16(2)42-26(34)22-17(13-38-3)15-44-25-21(24(33)30(22)25)28-23(32)20(29-39-4)19(31)14-41-45(36,37)18-10-8-7-9-11-18/h7-11,16,21,25H,5-6,12-15H2,1-4H3,(H,28,32)/b29-20-/t16?,21?,25-/m1/s1. The predicted octanol–water partition coefficient (Wildman–Crippen LogP) is 1.11. The van der Waals surface area contributed by atoms with Crippen molar-refractivity contribution in [3.8, 4) is 0 Å². The molecule has 1 fully saturated rings. The minimum Gasteiger partial charge on any atom is -0.434 e. The normalized spacial score (nSPS) is 18.7. The predicted molar refractivity (Wildman–Crippen MR) is 156 cm³/mol. The molecule has 1 N–H and O–H groups in total. The van der Waals surface area contributed by atoms with Crippen LogP contribution < -0.4 is 5.32 Å². The Morgan fingerprint density at radius 2 is 1.84 bits per heavy atom. The fourth-order valence-corrected chi connectivity index (χ4v) is 6.25. The van der Waals surface area contributed by atoms with E-state index in [0.29, 0.717) is 12.0 Å². The van der Waals surface area contributed by atoms with Crippen molar-refractivity contribution in [2.75, 3.05) is 39.8 Å². The summed E-state index contributed by atoms with van der Waals surface area (Å²) in [6.07, 6.45) is -0.958. The fourth-order valence-electron chi connectivity index (χ4n) is 4.03. The topological polar surface area (TPSA) is 202 Å². The lowest BCUT2D eigenvalue weighted by Crippen LogP contribution is -2.71. The van der Waals surface area contributed by atoms with Gasteiger partial charge in [0.1, 0.15) is 30.8 Å².